The SMILES string of the molecule is CCN(CC(=O)OC)C(=O)Cc1cccc(C(F)(F)F)c1. The van der Waals surface area contributed by atoms with E-state index in [-0.39, 0.29) is 25.1 Å². The molecule has 1 rings (SSSR count). The Labute approximate surface area is 120 Å². The van der Waals surface area contributed by atoms with Crippen LogP contribution in [0.4, 0.5) is 13.2 Å². The summed E-state index contributed by atoms with van der Waals surface area (Å²) in [6.45, 7) is 1.73. The van der Waals surface area contributed by atoms with Crippen molar-refractivity contribution in [3.8, 4) is 0 Å². The van der Waals surface area contributed by atoms with E-state index in [1.54, 1.807) is 6.92 Å². The van der Waals surface area contributed by atoms with Crippen molar-refractivity contribution in [2.45, 2.75) is 19.5 Å². The van der Waals surface area contributed by atoms with Crippen molar-refractivity contribution >= 4 is 11.9 Å². The average molecular weight is 303 g/mol. The zero-order chi connectivity index (χ0) is 16.0. The van der Waals surface area contributed by atoms with Gasteiger partial charge in [0.1, 0.15) is 6.54 Å². The first kappa shape index (κ1) is 17.0. The van der Waals surface area contributed by atoms with Gasteiger partial charge in [0.25, 0.3) is 0 Å². The number of amides is 1. The number of alkyl halides is 3. The van der Waals surface area contributed by atoms with Gasteiger partial charge in [0.05, 0.1) is 19.1 Å². The standard InChI is InChI=1S/C14H16F3NO3/c1-3-18(9-13(20)21-2)12(19)8-10-5-4-6-11(7-10)14(15,16)17/h4-7H,3,8-9H2,1-2H3. The van der Waals surface area contributed by atoms with Crippen LogP contribution >= 0.6 is 0 Å². The Morgan fingerprint density at radius 1 is 1.29 bits per heavy atom. The Balaban J connectivity index is 2.80. The summed E-state index contributed by atoms with van der Waals surface area (Å²) in [5.74, 6) is -1.00. The number of carbonyl (C=O) groups is 2. The Morgan fingerprint density at radius 2 is 1.95 bits per heavy atom. The van der Waals surface area contributed by atoms with Crippen LogP contribution in [0.15, 0.2) is 24.3 Å². The molecule has 1 aromatic rings. The summed E-state index contributed by atoms with van der Waals surface area (Å²) in [5, 5.41) is 0. The second-order valence-electron chi connectivity index (χ2n) is 4.36. The molecular weight excluding hydrogens is 287 g/mol. The van der Waals surface area contributed by atoms with Gasteiger partial charge in [0, 0.05) is 6.54 Å². The summed E-state index contributed by atoms with van der Waals surface area (Å²) >= 11 is 0. The van der Waals surface area contributed by atoms with E-state index in [4.69, 9.17) is 0 Å². The van der Waals surface area contributed by atoms with E-state index in [9.17, 15) is 22.8 Å². The molecule has 21 heavy (non-hydrogen) atoms. The zero-order valence-corrected chi connectivity index (χ0v) is 11.7. The minimum atomic E-state index is -4.45. The molecule has 0 radical (unpaired) electrons. The predicted molar refractivity (Wildman–Crippen MR) is 69.4 cm³/mol. The molecule has 1 amide bonds. The molecule has 0 aliphatic rings. The first-order valence-electron chi connectivity index (χ1n) is 6.28. The number of esters is 1. The van der Waals surface area contributed by atoms with Crippen LogP contribution in [0.3, 0.4) is 0 Å². The van der Waals surface area contributed by atoms with E-state index < -0.39 is 23.6 Å². The number of carbonyl (C=O) groups excluding carboxylic acids is 2. The maximum absolute atomic E-state index is 12.6. The summed E-state index contributed by atoms with van der Waals surface area (Å²) < 4.78 is 42.2. The Hall–Kier alpha value is -2.05. The van der Waals surface area contributed by atoms with E-state index in [0.29, 0.717) is 0 Å². The summed E-state index contributed by atoms with van der Waals surface area (Å²) in [4.78, 5) is 24.4. The minimum absolute atomic E-state index is 0.200. The lowest BCUT2D eigenvalue weighted by molar-refractivity contribution is -0.146. The van der Waals surface area contributed by atoms with Crippen molar-refractivity contribution in [3.05, 3.63) is 35.4 Å². The molecule has 0 saturated heterocycles. The molecule has 0 bridgehead atoms. The summed E-state index contributed by atoms with van der Waals surface area (Å²) in [7, 11) is 1.20. The average Bonchev–Trinajstić information content (AvgIpc) is 2.43. The van der Waals surface area contributed by atoms with Gasteiger partial charge >= 0.3 is 12.1 Å². The second kappa shape index (κ2) is 7.10. The number of likely N-dealkylation sites (N-methyl/N-ethyl adjacent to an activating group) is 1. The molecule has 0 aliphatic heterocycles. The number of methoxy groups -OCH3 is 1. The van der Waals surface area contributed by atoms with Gasteiger partial charge in [-0.1, -0.05) is 18.2 Å². The van der Waals surface area contributed by atoms with Crippen LogP contribution < -0.4 is 0 Å². The van der Waals surface area contributed by atoms with Gasteiger partial charge in [-0.15, -0.1) is 0 Å². The largest absolute Gasteiger partial charge is 0.468 e. The van der Waals surface area contributed by atoms with Crippen molar-refractivity contribution in [3.63, 3.8) is 0 Å². The number of rotatable bonds is 5. The molecule has 4 nitrogen and oxygen atoms in total. The van der Waals surface area contributed by atoms with Gasteiger partial charge in [-0.2, -0.15) is 13.2 Å². The Morgan fingerprint density at radius 3 is 2.48 bits per heavy atom. The Bertz CT molecular complexity index is 514. The maximum atomic E-state index is 12.6. The van der Waals surface area contributed by atoms with Gasteiger partial charge in [-0.05, 0) is 18.6 Å². The maximum Gasteiger partial charge on any atom is 0.416 e. The van der Waals surface area contributed by atoms with Crippen molar-refractivity contribution in [1.82, 2.24) is 4.90 Å². The van der Waals surface area contributed by atoms with E-state index >= 15 is 0 Å². The van der Waals surface area contributed by atoms with Crippen LogP contribution in [0.25, 0.3) is 0 Å². The van der Waals surface area contributed by atoms with Crippen molar-refractivity contribution < 1.29 is 27.5 Å². The minimum Gasteiger partial charge on any atom is -0.468 e. The fourth-order valence-corrected chi connectivity index (χ4v) is 1.74. The highest BCUT2D eigenvalue weighted by Crippen LogP contribution is 2.29. The predicted octanol–water partition coefficient (Wildman–Crippen LogP) is 2.27. The highest BCUT2D eigenvalue weighted by Gasteiger charge is 2.30. The van der Waals surface area contributed by atoms with Gasteiger partial charge in [0.2, 0.25) is 5.91 Å². The molecule has 1 aromatic carbocycles. The lowest BCUT2D eigenvalue weighted by atomic mass is 10.1. The molecule has 116 valence electrons. The topological polar surface area (TPSA) is 46.6 Å². The normalized spacial score (nSPS) is 11.1. The van der Waals surface area contributed by atoms with Crippen LogP contribution in [-0.2, 0) is 26.9 Å². The monoisotopic (exact) mass is 303 g/mol. The fourth-order valence-electron chi connectivity index (χ4n) is 1.74. The van der Waals surface area contributed by atoms with E-state index in [1.165, 1.54) is 24.1 Å². The summed E-state index contributed by atoms with van der Waals surface area (Å²) in [6.07, 6.45) is -4.65. The number of hydrogen-bond donors (Lipinski definition) is 0. The molecule has 0 heterocycles. The van der Waals surface area contributed by atoms with Gasteiger partial charge in [-0.25, -0.2) is 0 Å². The first-order valence-corrected chi connectivity index (χ1v) is 6.28. The number of hydrogen-bond acceptors (Lipinski definition) is 3. The smallest absolute Gasteiger partial charge is 0.416 e. The number of halogens is 3. The second-order valence-corrected chi connectivity index (χ2v) is 4.36. The third kappa shape index (κ3) is 5.09. The van der Waals surface area contributed by atoms with Crippen LogP contribution in [0.2, 0.25) is 0 Å². The lowest BCUT2D eigenvalue weighted by Crippen LogP contribution is -2.37. The molecule has 0 aliphatic carbocycles. The van der Waals surface area contributed by atoms with Crippen molar-refractivity contribution in [2.75, 3.05) is 20.2 Å². The lowest BCUT2D eigenvalue weighted by Gasteiger charge is -2.19. The highest BCUT2D eigenvalue weighted by atomic mass is 19.4. The quantitative estimate of drug-likeness (QED) is 0.784. The zero-order valence-electron chi connectivity index (χ0n) is 11.7. The van der Waals surface area contributed by atoms with Crippen LogP contribution in [0.1, 0.15) is 18.1 Å². The van der Waals surface area contributed by atoms with Crippen molar-refractivity contribution in [1.29, 1.82) is 0 Å². The number of ether oxygens (including phenoxy) is 1. The summed E-state index contributed by atoms with van der Waals surface area (Å²) in [5.41, 5.74) is -0.554. The van der Waals surface area contributed by atoms with Crippen LogP contribution in [-0.4, -0.2) is 37.0 Å². The van der Waals surface area contributed by atoms with Gasteiger partial charge < -0.3 is 9.64 Å². The van der Waals surface area contributed by atoms with Crippen molar-refractivity contribution in [2.24, 2.45) is 0 Å². The first-order chi connectivity index (χ1) is 9.77. The molecule has 0 saturated carbocycles. The summed E-state index contributed by atoms with van der Waals surface area (Å²) in [6, 6.07) is 4.57. The Kier molecular flexibility index (Phi) is 5.75. The molecule has 0 aromatic heterocycles. The molecule has 0 fully saturated rings. The molecule has 0 atom stereocenters. The third-order valence-electron chi connectivity index (χ3n) is 2.89. The molecule has 7 heteroatoms. The van der Waals surface area contributed by atoms with Gasteiger partial charge in [-0.3, -0.25) is 9.59 Å². The molecule has 0 unspecified atom stereocenters. The van der Waals surface area contributed by atoms with E-state index in [1.807, 2.05) is 0 Å². The van der Waals surface area contributed by atoms with E-state index in [2.05, 4.69) is 4.74 Å². The van der Waals surface area contributed by atoms with Gasteiger partial charge in [0.15, 0.2) is 0 Å². The number of benzene rings is 1. The molecule has 0 N–H and O–H groups in total. The molecular formula is C14H16F3NO3. The molecule has 0 spiro atoms. The highest BCUT2D eigenvalue weighted by molar-refractivity contribution is 5.83. The third-order valence-corrected chi connectivity index (χ3v) is 2.89. The van der Waals surface area contributed by atoms with Crippen LogP contribution in [0.5, 0.6) is 0 Å². The van der Waals surface area contributed by atoms with E-state index in [0.717, 1.165) is 12.1 Å². The van der Waals surface area contributed by atoms with Crippen LogP contribution in [0, 0.1) is 0 Å². The fraction of sp³-hybridized carbons (Fsp3) is 0.429. The number of nitrogens with zero attached hydrogens (tertiary/aromatic N) is 1.